The molecule has 0 aliphatic rings. The van der Waals surface area contributed by atoms with Gasteiger partial charge in [0.05, 0.1) is 0 Å². The van der Waals surface area contributed by atoms with Gasteiger partial charge in [0.25, 0.3) is 0 Å². The SMILES string of the molecule is C=CC(=C)C(C#N)=NC.CC. The van der Waals surface area contributed by atoms with E-state index in [1.807, 2.05) is 19.9 Å². The van der Waals surface area contributed by atoms with Crippen LogP contribution in [-0.2, 0) is 0 Å². The van der Waals surface area contributed by atoms with Crippen molar-refractivity contribution in [1.82, 2.24) is 0 Å². The van der Waals surface area contributed by atoms with Gasteiger partial charge in [0, 0.05) is 12.6 Å². The molecule has 0 spiro atoms. The summed E-state index contributed by atoms with van der Waals surface area (Å²) < 4.78 is 0. The third-order valence-corrected chi connectivity index (χ3v) is 0.880. The Kier molecular flexibility index (Phi) is 9.68. The Morgan fingerprint density at radius 2 is 2.00 bits per heavy atom. The predicted octanol–water partition coefficient (Wildman–Crippen LogP) is 2.35. The summed E-state index contributed by atoms with van der Waals surface area (Å²) in [5, 5.41) is 8.34. The van der Waals surface area contributed by atoms with Gasteiger partial charge in [-0.15, -0.1) is 0 Å². The molecule has 0 aliphatic carbocycles. The van der Waals surface area contributed by atoms with Crippen LogP contribution in [0.2, 0.25) is 0 Å². The van der Waals surface area contributed by atoms with E-state index >= 15 is 0 Å². The van der Waals surface area contributed by atoms with Crippen molar-refractivity contribution in [2.75, 3.05) is 7.05 Å². The first-order valence-corrected chi connectivity index (χ1v) is 3.44. The molecule has 0 aliphatic heterocycles. The fourth-order valence-corrected chi connectivity index (χ4v) is 0.362. The molecule has 0 saturated carbocycles. The van der Waals surface area contributed by atoms with E-state index in [1.165, 1.54) is 6.08 Å². The second kappa shape index (κ2) is 8.64. The highest BCUT2D eigenvalue weighted by molar-refractivity contribution is 6.12. The molecule has 60 valence electrons. The molecule has 0 N–H and O–H groups in total. The van der Waals surface area contributed by atoms with E-state index in [1.54, 1.807) is 7.05 Å². The zero-order valence-electron chi connectivity index (χ0n) is 7.39. The molecular formula is C9H14N2. The van der Waals surface area contributed by atoms with Crippen molar-refractivity contribution in [2.24, 2.45) is 4.99 Å². The number of aliphatic imine (C=N–C) groups is 1. The summed E-state index contributed by atoms with van der Waals surface area (Å²) in [7, 11) is 1.55. The van der Waals surface area contributed by atoms with Crippen LogP contribution in [0.3, 0.4) is 0 Å². The maximum absolute atomic E-state index is 8.34. The van der Waals surface area contributed by atoms with E-state index < -0.39 is 0 Å². The second-order valence-corrected chi connectivity index (χ2v) is 1.41. The molecule has 0 bridgehead atoms. The highest BCUT2D eigenvalue weighted by Crippen LogP contribution is 1.93. The molecule has 0 amide bonds. The maximum Gasteiger partial charge on any atom is 0.141 e. The number of rotatable bonds is 2. The summed E-state index contributed by atoms with van der Waals surface area (Å²) in [6, 6.07) is 1.88. The molecular weight excluding hydrogens is 136 g/mol. The van der Waals surface area contributed by atoms with Gasteiger partial charge < -0.3 is 0 Å². The Hall–Kier alpha value is -1.36. The largest absolute Gasteiger partial charge is 0.277 e. The van der Waals surface area contributed by atoms with Gasteiger partial charge in [-0.3, -0.25) is 4.99 Å². The van der Waals surface area contributed by atoms with Crippen LogP contribution in [0.5, 0.6) is 0 Å². The molecule has 0 rings (SSSR count). The van der Waals surface area contributed by atoms with Crippen molar-refractivity contribution in [1.29, 1.82) is 5.26 Å². The molecule has 2 heteroatoms. The highest BCUT2D eigenvalue weighted by atomic mass is 14.7. The van der Waals surface area contributed by atoms with E-state index in [4.69, 9.17) is 5.26 Å². The van der Waals surface area contributed by atoms with Gasteiger partial charge in [-0.05, 0) is 0 Å². The Labute approximate surface area is 68.6 Å². The van der Waals surface area contributed by atoms with E-state index in [2.05, 4.69) is 18.2 Å². The standard InChI is InChI=1S/C7H8N2.C2H6/c1-4-6(2)7(5-8)9-3;1-2/h4H,1-2H2,3H3;1-2H3. The van der Waals surface area contributed by atoms with Gasteiger partial charge >= 0.3 is 0 Å². The molecule has 2 nitrogen and oxygen atoms in total. The highest BCUT2D eigenvalue weighted by Gasteiger charge is 1.94. The normalized spacial score (nSPS) is 8.73. The van der Waals surface area contributed by atoms with E-state index in [9.17, 15) is 0 Å². The topological polar surface area (TPSA) is 36.1 Å². The van der Waals surface area contributed by atoms with Crippen LogP contribution in [0.1, 0.15) is 13.8 Å². The molecule has 0 heterocycles. The molecule has 11 heavy (non-hydrogen) atoms. The fraction of sp³-hybridized carbons (Fsp3) is 0.333. The third kappa shape index (κ3) is 5.10. The van der Waals surface area contributed by atoms with Crippen LogP contribution >= 0.6 is 0 Å². The van der Waals surface area contributed by atoms with E-state index in [0.29, 0.717) is 11.3 Å². The van der Waals surface area contributed by atoms with Gasteiger partial charge in [0.1, 0.15) is 11.8 Å². The average Bonchev–Trinajstić information content (AvgIpc) is 2.10. The van der Waals surface area contributed by atoms with Crippen molar-refractivity contribution in [3.8, 4) is 6.07 Å². The van der Waals surface area contributed by atoms with Crippen molar-refractivity contribution in [3.63, 3.8) is 0 Å². The number of nitrogens with zero attached hydrogens (tertiary/aromatic N) is 2. The van der Waals surface area contributed by atoms with Gasteiger partial charge in [0.2, 0.25) is 0 Å². The summed E-state index contributed by atoms with van der Waals surface area (Å²) in [6.45, 7) is 11.0. The Morgan fingerprint density at radius 1 is 1.55 bits per heavy atom. The lowest BCUT2D eigenvalue weighted by atomic mass is 10.2. The molecule has 0 aromatic heterocycles. The number of hydrogen-bond donors (Lipinski definition) is 0. The summed E-state index contributed by atoms with van der Waals surface area (Å²) >= 11 is 0. The first-order valence-electron chi connectivity index (χ1n) is 3.44. The minimum absolute atomic E-state index is 0.338. The van der Waals surface area contributed by atoms with Crippen molar-refractivity contribution in [2.45, 2.75) is 13.8 Å². The lowest BCUT2D eigenvalue weighted by Crippen LogP contribution is -1.93. The van der Waals surface area contributed by atoms with Gasteiger partial charge in [-0.25, -0.2) is 0 Å². The van der Waals surface area contributed by atoms with Crippen LogP contribution < -0.4 is 0 Å². The summed E-state index contributed by atoms with van der Waals surface area (Å²) in [5.74, 6) is 0. The van der Waals surface area contributed by atoms with E-state index in [-0.39, 0.29) is 0 Å². The average molecular weight is 150 g/mol. The lowest BCUT2D eigenvalue weighted by molar-refractivity contribution is 1.43. The second-order valence-electron chi connectivity index (χ2n) is 1.41. The smallest absolute Gasteiger partial charge is 0.141 e. The molecule has 0 aromatic carbocycles. The molecule has 0 fully saturated rings. The number of nitriles is 1. The van der Waals surface area contributed by atoms with Crippen molar-refractivity contribution in [3.05, 3.63) is 24.8 Å². The van der Waals surface area contributed by atoms with Gasteiger partial charge in [-0.1, -0.05) is 33.1 Å². The monoisotopic (exact) mass is 150 g/mol. The molecule has 0 saturated heterocycles. The van der Waals surface area contributed by atoms with Crippen LogP contribution in [-0.4, -0.2) is 12.8 Å². The molecule has 0 aromatic rings. The Morgan fingerprint density at radius 3 is 2.09 bits per heavy atom. The first-order chi connectivity index (χ1) is 5.26. The van der Waals surface area contributed by atoms with Crippen molar-refractivity contribution < 1.29 is 0 Å². The van der Waals surface area contributed by atoms with Crippen LogP contribution in [0, 0.1) is 11.3 Å². The molecule has 0 atom stereocenters. The minimum atomic E-state index is 0.338. The Bertz CT molecular complexity index is 194. The minimum Gasteiger partial charge on any atom is -0.277 e. The third-order valence-electron chi connectivity index (χ3n) is 0.880. The van der Waals surface area contributed by atoms with Gasteiger partial charge in [0.15, 0.2) is 0 Å². The van der Waals surface area contributed by atoms with E-state index in [0.717, 1.165) is 0 Å². The predicted molar refractivity (Wildman–Crippen MR) is 49.7 cm³/mol. The van der Waals surface area contributed by atoms with Crippen molar-refractivity contribution >= 4 is 5.71 Å². The lowest BCUT2D eigenvalue weighted by Gasteiger charge is -1.89. The zero-order chi connectivity index (χ0) is 9.28. The van der Waals surface area contributed by atoms with Gasteiger partial charge in [-0.2, -0.15) is 5.26 Å². The van der Waals surface area contributed by atoms with Crippen LogP contribution in [0.25, 0.3) is 0 Å². The summed E-state index contributed by atoms with van der Waals surface area (Å²) in [4.78, 5) is 3.66. The van der Waals surface area contributed by atoms with Crippen LogP contribution in [0.4, 0.5) is 0 Å². The summed E-state index contributed by atoms with van der Waals surface area (Å²) in [5.41, 5.74) is 0.907. The Balaban J connectivity index is 0. The number of hydrogen-bond acceptors (Lipinski definition) is 2. The van der Waals surface area contributed by atoms with Crippen LogP contribution in [0.15, 0.2) is 29.8 Å². The molecule has 0 radical (unpaired) electrons. The molecule has 0 unspecified atom stereocenters. The fourth-order valence-electron chi connectivity index (χ4n) is 0.362. The number of allylic oxidation sites excluding steroid dienone is 2. The first kappa shape index (κ1) is 12.3. The summed E-state index contributed by atoms with van der Waals surface area (Å²) in [6.07, 6.45) is 1.51. The maximum atomic E-state index is 8.34. The zero-order valence-corrected chi connectivity index (χ0v) is 7.39. The quantitative estimate of drug-likeness (QED) is 0.439.